The zero-order chi connectivity index (χ0) is 10.2. The number of hydrogen-bond acceptors (Lipinski definition) is 3. The molecule has 1 saturated heterocycles. The van der Waals surface area contributed by atoms with Crippen LogP contribution in [0.1, 0.15) is 32.6 Å². The second-order valence-corrected chi connectivity index (χ2v) is 4.01. The molecule has 1 unspecified atom stereocenters. The molecule has 1 rings (SSSR count). The lowest BCUT2D eigenvalue weighted by Crippen LogP contribution is -2.30. The van der Waals surface area contributed by atoms with E-state index in [1.54, 1.807) is 0 Å². The van der Waals surface area contributed by atoms with Crippen LogP contribution >= 0.6 is 0 Å². The highest BCUT2D eigenvalue weighted by Crippen LogP contribution is 2.18. The van der Waals surface area contributed by atoms with E-state index in [-0.39, 0.29) is 12.7 Å². The van der Waals surface area contributed by atoms with Crippen LogP contribution < -0.4 is 0 Å². The van der Waals surface area contributed by atoms with Crippen molar-refractivity contribution in [2.24, 2.45) is 5.92 Å². The molecule has 1 aliphatic heterocycles. The van der Waals surface area contributed by atoms with Gasteiger partial charge in [0.05, 0.1) is 25.9 Å². The number of ether oxygens (including phenoxy) is 2. The summed E-state index contributed by atoms with van der Waals surface area (Å²) in [7, 11) is 0. The van der Waals surface area contributed by atoms with Gasteiger partial charge in [-0.1, -0.05) is 13.3 Å². The van der Waals surface area contributed by atoms with Crippen molar-refractivity contribution in [3.63, 3.8) is 0 Å². The van der Waals surface area contributed by atoms with Crippen LogP contribution in [-0.2, 0) is 9.47 Å². The third kappa shape index (κ3) is 4.40. The van der Waals surface area contributed by atoms with Gasteiger partial charge in [0.25, 0.3) is 0 Å². The van der Waals surface area contributed by atoms with Crippen molar-refractivity contribution < 1.29 is 14.6 Å². The normalized spacial score (nSPS) is 27.9. The molecule has 1 heterocycles. The molecule has 0 bridgehead atoms. The Bertz CT molecular complexity index is 130. The Morgan fingerprint density at radius 3 is 2.86 bits per heavy atom. The number of rotatable bonds is 6. The lowest BCUT2D eigenvalue weighted by atomic mass is 10.00. The fourth-order valence-electron chi connectivity index (χ4n) is 1.63. The van der Waals surface area contributed by atoms with Gasteiger partial charge in [-0.15, -0.1) is 0 Å². The van der Waals surface area contributed by atoms with Crippen molar-refractivity contribution in [2.75, 3.05) is 26.4 Å². The summed E-state index contributed by atoms with van der Waals surface area (Å²) < 4.78 is 11.0. The second kappa shape index (κ2) is 7.21. The van der Waals surface area contributed by atoms with Crippen LogP contribution in [-0.4, -0.2) is 37.6 Å². The van der Waals surface area contributed by atoms with Crippen molar-refractivity contribution in [2.45, 2.75) is 38.7 Å². The highest BCUT2D eigenvalue weighted by Gasteiger charge is 2.20. The van der Waals surface area contributed by atoms with Crippen LogP contribution in [0.25, 0.3) is 0 Å². The zero-order valence-corrected chi connectivity index (χ0v) is 9.08. The van der Waals surface area contributed by atoms with Gasteiger partial charge < -0.3 is 14.6 Å². The molecule has 3 nitrogen and oxygen atoms in total. The van der Waals surface area contributed by atoms with Crippen molar-refractivity contribution in [1.29, 1.82) is 0 Å². The van der Waals surface area contributed by atoms with E-state index in [1.807, 2.05) is 0 Å². The van der Waals surface area contributed by atoms with Crippen molar-refractivity contribution in [1.82, 2.24) is 0 Å². The van der Waals surface area contributed by atoms with Gasteiger partial charge in [-0.05, 0) is 19.3 Å². The van der Waals surface area contributed by atoms with E-state index in [0.29, 0.717) is 5.92 Å². The third-order valence-corrected chi connectivity index (χ3v) is 2.66. The summed E-state index contributed by atoms with van der Waals surface area (Å²) in [5.74, 6) is 0.537. The Morgan fingerprint density at radius 2 is 2.29 bits per heavy atom. The van der Waals surface area contributed by atoms with Crippen LogP contribution in [0.15, 0.2) is 0 Å². The summed E-state index contributed by atoms with van der Waals surface area (Å²) in [6.07, 6.45) is 4.50. The fourth-order valence-corrected chi connectivity index (χ4v) is 1.63. The molecule has 0 amide bonds. The summed E-state index contributed by atoms with van der Waals surface area (Å²) in [6.45, 7) is 4.76. The maximum atomic E-state index is 8.87. The minimum Gasteiger partial charge on any atom is -0.394 e. The second-order valence-electron chi connectivity index (χ2n) is 4.01. The fraction of sp³-hybridized carbons (Fsp3) is 1.00. The summed E-state index contributed by atoms with van der Waals surface area (Å²) in [5.41, 5.74) is 0. The van der Waals surface area contributed by atoms with Gasteiger partial charge in [0.15, 0.2) is 0 Å². The molecular formula is C11H22O3. The third-order valence-electron chi connectivity index (χ3n) is 2.66. The van der Waals surface area contributed by atoms with Gasteiger partial charge >= 0.3 is 0 Å². The van der Waals surface area contributed by atoms with Crippen molar-refractivity contribution >= 4 is 0 Å². The molecule has 1 aliphatic rings. The first-order valence-corrected chi connectivity index (χ1v) is 5.67. The van der Waals surface area contributed by atoms with E-state index in [9.17, 15) is 0 Å². The van der Waals surface area contributed by atoms with Gasteiger partial charge in [0.2, 0.25) is 0 Å². The first-order chi connectivity index (χ1) is 6.86. The summed E-state index contributed by atoms with van der Waals surface area (Å²) >= 11 is 0. The lowest BCUT2D eigenvalue weighted by Gasteiger charge is -2.27. The molecule has 1 fully saturated rings. The first-order valence-electron chi connectivity index (χ1n) is 5.67. The minimum atomic E-state index is 0.0712. The Labute approximate surface area is 86.4 Å². The number of aliphatic hydroxyl groups excluding tert-OH is 1. The molecular weight excluding hydrogens is 180 g/mol. The Hall–Kier alpha value is -0.120. The number of hydrogen-bond donors (Lipinski definition) is 1. The van der Waals surface area contributed by atoms with Crippen molar-refractivity contribution in [3.05, 3.63) is 0 Å². The molecule has 84 valence electrons. The topological polar surface area (TPSA) is 38.7 Å². The lowest BCUT2D eigenvalue weighted by molar-refractivity contribution is -0.0616. The molecule has 0 aliphatic carbocycles. The quantitative estimate of drug-likeness (QED) is 0.665. The average Bonchev–Trinajstić information content (AvgIpc) is 2.25. The van der Waals surface area contributed by atoms with Gasteiger partial charge in [0, 0.05) is 12.5 Å². The molecule has 0 aromatic carbocycles. The molecule has 0 spiro atoms. The van der Waals surface area contributed by atoms with Crippen LogP contribution in [0.4, 0.5) is 0 Å². The van der Waals surface area contributed by atoms with E-state index in [4.69, 9.17) is 14.6 Å². The van der Waals surface area contributed by atoms with E-state index >= 15 is 0 Å². The summed E-state index contributed by atoms with van der Waals surface area (Å²) in [5, 5.41) is 8.87. The SMILES string of the molecule is CCCCOC[C@@H]1CCC(CO)OC1. The zero-order valence-electron chi connectivity index (χ0n) is 9.08. The highest BCUT2D eigenvalue weighted by atomic mass is 16.5. The van der Waals surface area contributed by atoms with Gasteiger partial charge in [0.1, 0.15) is 0 Å². The molecule has 0 radical (unpaired) electrons. The van der Waals surface area contributed by atoms with E-state index in [1.165, 1.54) is 6.42 Å². The Kier molecular flexibility index (Phi) is 6.15. The predicted molar refractivity (Wildman–Crippen MR) is 55.3 cm³/mol. The maximum absolute atomic E-state index is 8.87. The Morgan fingerprint density at radius 1 is 1.43 bits per heavy atom. The highest BCUT2D eigenvalue weighted by molar-refractivity contribution is 4.69. The van der Waals surface area contributed by atoms with Crippen molar-refractivity contribution in [3.8, 4) is 0 Å². The Balaban J connectivity index is 1.98. The van der Waals surface area contributed by atoms with E-state index in [0.717, 1.165) is 39.1 Å². The van der Waals surface area contributed by atoms with Crippen LogP contribution in [0.3, 0.4) is 0 Å². The largest absolute Gasteiger partial charge is 0.394 e. The summed E-state index contributed by atoms with van der Waals surface area (Å²) in [6, 6.07) is 0. The maximum Gasteiger partial charge on any atom is 0.0806 e. The van der Waals surface area contributed by atoms with Crippen LogP contribution in [0.2, 0.25) is 0 Å². The molecule has 1 N–H and O–H groups in total. The molecule has 0 saturated carbocycles. The number of unbranched alkanes of at least 4 members (excludes halogenated alkanes) is 1. The molecule has 0 aromatic heterocycles. The smallest absolute Gasteiger partial charge is 0.0806 e. The number of aliphatic hydroxyl groups is 1. The molecule has 0 aromatic rings. The molecule has 14 heavy (non-hydrogen) atoms. The van der Waals surface area contributed by atoms with Crippen LogP contribution in [0, 0.1) is 5.92 Å². The van der Waals surface area contributed by atoms with Gasteiger partial charge in [-0.2, -0.15) is 0 Å². The van der Waals surface area contributed by atoms with Gasteiger partial charge in [-0.3, -0.25) is 0 Å². The predicted octanol–water partition coefficient (Wildman–Crippen LogP) is 1.59. The summed E-state index contributed by atoms with van der Waals surface area (Å²) in [4.78, 5) is 0. The van der Waals surface area contributed by atoms with E-state index < -0.39 is 0 Å². The average molecular weight is 202 g/mol. The van der Waals surface area contributed by atoms with Gasteiger partial charge in [-0.25, -0.2) is 0 Å². The molecule has 2 atom stereocenters. The molecule has 3 heteroatoms. The van der Waals surface area contributed by atoms with E-state index in [2.05, 4.69) is 6.92 Å². The first kappa shape index (κ1) is 12.0. The minimum absolute atomic E-state index is 0.0712. The monoisotopic (exact) mass is 202 g/mol. The van der Waals surface area contributed by atoms with Crippen LogP contribution in [0.5, 0.6) is 0 Å². The standard InChI is InChI=1S/C11H22O3/c1-2-3-6-13-8-10-4-5-11(7-12)14-9-10/h10-12H,2-9H2,1H3/t10-,11?/m0/s1.